The number of nitrogens with zero attached hydrogens (tertiary/aromatic N) is 3. The molecule has 4 nitrogen and oxygen atoms in total. The molecule has 0 fully saturated rings. The van der Waals surface area contributed by atoms with Crippen LogP contribution in [0.4, 0.5) is 0 Å². The summed E-state index contributed by atoms with van der Waals surface area (Å²) in [5.74, 6) is -0.338. The first-order chi connectivity index (χ1) is 10.1. The van der Waals surface area contributed by atoms with E-state index < -0.39 is 0 Å². The molecule has 6 heteroatoms. The van der Waals surface area contributed by atoms with Crippen molar-refractivity contribution in [3.8, 4) is 0 Å². The van der Waals surface area contributed by atoms with E-state index in [0.29, 0.717) is 10.6 Å². The predicted molar refractivity (Wildman–Crippen MR) is 87.0 cm³/mol. The number of rotatable bonds is 4. The maximum Gasteiger partial charge on any atom is 0.195 e. The first kappa shape index (κ1) is 15.3. The molecule has 2 aromatic carbocycles. The lowest BCUT2D eigenvalue weighted by Crippen LogP contribution is -2.00. The third-order valence-corrected chi connectivity index (χ3v) is 3.45. The smallest absolute Gasteiger partial charge is 0.195 e. The highest BCUT2D eigenvalue weighted by molar-refractivity contribution is 9.10. The standard InChI is InChI=1S/C15H9BrClN3O/c16-12-5-3-11(4-6-12)15(21)14(19-20-18)9-10-1-7-13(17)8-2-10/h1-9H/b14-9-. The van der Waals surface area contributed by atoms with Gasteiger partial charge in [0.2, 0.25) is 0 Å². The van der Waals surface area contributed by atoms with Crippen molar-refractivity contribution in [2.24, 2.45) is 5.11 Å². The molecule has 104 valence electrons. The summed E-state index contributed by atoms with van der Waals surface area (Å²) in [6, 6.07) is 13.7. The van der Waals surface area contributed by atoms with Crippen LogP contribution in [0.3, 0.4) is 0 Å². The van der Waals surface area contributed by atoms with Gasteiger partial charge in [0.15, 0.2) is 5.78 Å². The lowest BCUT2D eigenvalue weighted by Gasteiger charge is -2.02. The lowest BCUT2D eigenvalue weighted by molar-refractivity contribution is 0.103. The number of ketones is 1. The predicted octanol–water partition coefficient (Wildman–Crippen LogP) is 5.64. The fraction of sp³-hybridized carbons (Fsp3) is 0. The van der Waals surface area contributed by atoms with Gasteiger partial charge in [-0.25, -0.2) is 0 Å². The highest BCUT2D eigenvalue weighted by Gasteiger charge is 2.11. The minimum atomic E-state index is -0.338. The summed E-state index contributed by atoms with van der Waals surface area (Å²) in [6.45, 7) is 0. The maximum atomic E-state index is 12.3. The van der Waals surface area contributed by atoms with Gasteiger partial charge >= 0.3 is 0 Å². The number of hydrogen-bond donors (Lipinski definition) is 0. The van der Waals surface area contributed by atoms with E-state index in [2.05, 4.69) is 26.0 Å². The fourth-order valence-corrected chi connectivity index (χ4v) is 2.04. The fourth-order valence-electron chi connectivity index (χ4n) is 1.65. The van der Waals surface area contributed by atoms with Gasteiger partial charge in [-0.1, -0.05) is 44.8 Å². The number of allylic oxidation sites excluding steroid dienone is 1. The molecule has 2 aromatic rings. The van der Waals surface area contributed by atoms with Crippen molar-refractivity contribution in [3.63, 3.8) is 0 Å². The Bertz CT molecular complexity index is 733. The zero-order valence-electron chi connectivity index (χ0n) is 10.7. The van der Waals surface area contributed by atoms with Crippen LogP contribution in [-0.4, -0.2) is 5.78 Å². The number of carbonyl (C=O) groups excluding carboxylic acids is 1. The van der Waals surface area contributed by atoms with Gasteiger partial charge in [-0.2, -0.15) is 0 Å². The second kappa shape index (κ2) is 7.09. The van der Waals surface area contributed by atoms with Crippen molar-refractivity contribution in [1.29, 1.82) is 0 Å². The molecule has 0 amide bonds. The van der Waals surface area contributed by atoms with Gasteiger partial charge in [-0.3, -0.25) is 4.79 Å². The first-order valence-corrected chi connectivity index (χ1v) is 7.10. The molecule has 2 rings (SSSR count). The van der Waals surface area contributed by atoms with Crippen LogP contribution in [0.2, 0.25) is 5.02 Å². The van der Waals surface area contributed by atoms with Gasteiger partial charge in [0, 0.05) is 20.0 Å². The number of benzene rings is 2. The van der Waals surface area contributed by atoms with Crippen LogP contribution < -0.4 is 0 Å². The Hall–Kier alpha value is -2.07. The van der Waals surface area contributed by atoms with Gasteiger partial charge in [0.1, 0.15) is 0 Å². The van der Waals surface area contributed by atoms with E-state index >= 15 is 0 Å². The third kappa shape index (κ3) is 4.20. The molecule has 0 saturated carbocycles. The molecule has 0 spiro atoms. The minimum Gasteiger partial charge on any atom is -0.289 e. The molecular formula is C15H9BrClN3O. The van der Waals surface area contributed by atoms with E-state index in [-0.39, 0.29) is 11.5 Å². The van der Waals surface area contributed by atoms with Crippen molar-refractivity contribution < 1.29 is 4.79 Å². The first-order valence-electron chi connectivity index (χ1n) is 5.93. The summed E-state index contributed by atoms with van der Waals surface area (Å²) in [5.41, 5.74) is 9.84. The molecule has 0 aliphatic heterocycles. The highest BCUT2D eigenvalue weighted by Crippen LogP contribution is 2.18. The van der Waals surface area contributed by atoms with Crippen LogP contribution in [0.1, 0.15) is 15.9 Å². The number of Topliss-reactive ketones (excluding diaryl/α,β-unsaturated/α-hetero) is 1. The van der Waals surface area contributed by atoms with Crippen LogP contribution in [0.5, 0.6) is 0 Å². The third-order valence-electron chi connectivity index (χ3n) is 2.66. The molecule has 21 heavy (non-hydrogen) atoms. The summed E-state index contributed by atoms with van der Waals surface area (Å²) in [5, 5.41) is 4.08. The molecule has 0 aliphatic rings. The van der Waals surface area contributed by atoms with Gasteiger partial charge in [0.05, 0.1) is 5.70 Å². The number of carbonyl (C=O) groups is 1. The van der Waals surface area contributed by atoms with Gasteiger partial charge in [-0.05, 0) is 53.6 Å². The topological polar surface area (TPSA) is 65.8 Å². The van der Waals surface area contributed by atoms with E-state index in [0.717, 1.165) is 10.0 Å². The number of halogens is 2. The quantitative estimate of drug-likeness (QED) is 0.228. The average molecular weight is 363 g/mol. The monoisotopic (exact) mass is 361 g/mol. The zero-order chi connectivity index (χ0) is 15.2. The Morgan fingerprint density at radius 1 is 1.14 bits per heavy atom. The summed E-state index contributed by atoms with van der Waals surface area (Å²) in [4.78, 5) is 15.1. The molecule has 0 heterocycles. The largest absolute Gasteiger partial charge is 0.289 e. The molecule has 0 aliphatic carbocycles. The lowest BCUT2D eigenvalue weighted by atomic mass is 10.1. The minimum absolute atomic E-state index is 0.0298. The van der Waals surface area contributed by atoms with Gasteiger partial charge in [-0.15, -0.1) is 0 Å². The van der Waals surface area contributed by atoms with Crippen LogP contribution in [0.15, 0.2) is 63.8 Å². The molecule has 0 atom stereocenters. The molecule has 0 bridgehead atoms. The second-order valence-electron chi connectivity index (χ2n) is 4.11. The molecule has 0 N–H and O–H groups in total. The average Bonchev–Trinajstić information content (AvgIpc) is 2.49. The summed E-state index contributed by atoms with van der Waals surface area (Å²) in [6.07, 6.45) is 1.53. The van der Waals surface area contributed by atoms with E-state index in [1.165, 1.54) is 6.08 Å². The molecule has 0 aromatic heterocycles. The van der Waals surface area contributed by atoms with E-state index in [1.807, 2.05) is 0 Å². The Balaban J connectivity index is 2.38. The maximum absolute atomic E-state index is 12.3. The van der Waals surface area contributed by atoms with Gasteiger partial charge < -0.3 is 0 Å². The molecule has 0 radical (unpaired) electrons. The summed E-state index contributed by atoms with van der Waals surface area (Å²) < 4.78 is 0.867. The van der Waals surface area contributed by atoms with Crippen molar-refractivity contribution in [2.75, 3.05) is 0 Å². The van der Waals surface area contributed by atoms with E-state index in [4.69, 9.17) is 17.1 Å². The summed E-state index contributed by atoms with van der Waals surface area (Å²) in [7, 11) is 0. The Morgan fingerprint density at radius 3 is 2.33 bits per heavy atom. The normalized spacial score (nSPS) is 10.9. The van der Waals surface area contributed by atoms with E-state index in [9.17, 15) is 4.79 Å². The van der Waals surface area contributed by atoms with Crippen LogP contribution in [0.25, 0.3) is 16.5 Å². The van der Waals surface area contributed by atoms with Crippen molar-refractivity contribution in [3.05, 3.63) is 85.3 Å². The zero-order valence-corrected chi connectivity index (χ0v) is 13.0. The van der Waals surface area contributed by atoms with Crippen LogP contribution >= 0.6 is 27.5 Å². The Kier molecular flexibility index (Phi) is 5.17. The van der Waals surface area contributed by atoms with E-state index in [1.54, 1.807) is 48.5 Å². The van der Waals surface area contributed by atoms with Crippen molar-refractivity contribution in [2.45, 2.75) is 0 Å². The SMILES string of the molecule is [N-]=[N+]=N/C(=C\c1ccc(Cl)cc1)C(=O)c1ccc(Br)cc1. The number of azide groups is 1. The highest BCUT2D eigenvalue weighted by atomic mass is 79.9. The second-order valence-corrected chi connectivity index (χ2v) is 5.46. The van der Waals surface area contributed by atoms with Crippen LogP contribution in [-0.2, 0) is 0 Å². The molecule has 0 unspecified atom stereocenters. The Morgan fingerprint density at radius 2 is 1.76 bits per heavy atom. The van der Waals surface area contributed by atoms with Gasteiger partial charge in [0.25, 0.3) is 0 Å². The number of hydrogen-bond acceptors (Lipinski definition) is 2. The van der Waals surface area contributed by atoms with Crippen LogP contribution in [0, 0.1) is 0 Å². The molecule has 0 saturated heterocycles. The molecular weight excluding hydrogens is 354 g/mol. The summed E-state index contributed by atoms with van der Waals surface area (Å²) >= 11 is 9.11. The Labute approximate surface area is 134 Å². The van der Waals surface area contributed by atoms with Crippen molar-refractivity contribution >= 4 is 39.4 Å². The van der Waals surface area contributed by atoms with Crippen molar-refractivity contribution in [1.82, 2.24) is 0 Å².